The van der Waals surface area contributed by atoms with Gasteiger partial charge in [0.2, 0.25) is 5.69 Å². The minimum atomic E-state index is 1.26. The van der Waals surface area contributed by atoms with E-state index in [0.29, 0.717) is 0 Å². The Balaban J connectivity index is 2.03. The number of pyridine rings is 1. The summed E-state index contributed by atoms with van der Waals surface area (Å²) in [6.45, 7) is 8.81. The van der Waals surface area contributed by atoms with Gasteiger partial charge in [-0.05, 0) is 66.6 Å². The molecular formula is C26H26N+. The van der Waals surface area contributed by atoms with Gasteiger partial charge in [0.25, 0.3) is 0 Å². The van der Waals surface area contributed by atoms with Gasteiger partial charge in [0.05, 0.1) is 10.9 Å². The fraction of sp³-hybridized carbons (Fsp3) is 0.192. The normalized spacial score (nSPS) is 11.1. The molecule has 0 spiro atoms. The van der Waals surface area contributed by atoms with E-state index in [2.05, 4.69) is 106 Å². The molecule has 0 atom stereocenters. The molecule has 0 N–H and O–H groups in total. The van der Waals surface area contributed by atoms with Crippen molar-refractivity contribution in [3.63, 3.8) is 0 Å². The van der Waals surface area contributed by atoms with Crippen LogP contribution >= 0.6 is 0 Å². The van der Waals surface area contributed by atoms with Crippen molar-refractivity contribution in [3.05, 3.63) is 89.1 Å². The molecule has 1 aromatic heterocycles. The van der Waals surface area contributed by atoms with Crippen molar-refractivity contribution in [1.82, 2.24) is 0 Å². The van der Waals surface area contributed by atoms with Crippen LogP contribution < -0.4 is 4.57 Å². The van der Waals surface area contributed by atoms with Gasteiger partial charge < -0.3 is 0 Å². The van der Waals surface area contributed by atoms with E-state index in [1.54, 1.807) is 0 Å². The van der Waals surface area contributed by atoms with Crippen molar-refractivity contribution >= 4 is 10.8 Å². The first-order valence-electron chi connectivity index (χ1n) is 9.53. The van der Waals surface area contributed by atoms with E-state index in [1.165, 1.54) is 55.5 Å². The van der Waals surface area contributed by atoms with Crippen molar-refractivity contribution in [2.75, 3.05) is 0 Å². The van der Waals surface area contributed by atoms with E-state index >= 15 is 0 Å². The molecular weight excluding hydrogens is 326 g/mol. The van der Waals surface area contributed by atoms with Crippen molar-refractivity contribution in [2.24, 2.45) is 7.05 Å². The maximum Gasteiger partial charge on any atom is 0.220 e. The smallest absolute Gasteiger partial charge is 0.198 e. The quantitative estimate of drug-likeness (QED) is 0.376. The molecule has 0 saturated carbocycles. The lowest BCUT2D eigenvalue weighted by Crippen LogP contribution is -2.35. The summed E-state index contributed by atoms with van der Waals surface area (Å²) in [6.07, 6.45) is 0. The summed E-state index contributed by atoms with van der Waals surface area (Å²) in [5.41, 5.74) is 10.4. The van der Waals surface area contributed by atoms with Crippen LogP contribution in [0.4, 0.5) is 0 Å². The zero-order chi connectivity index (χ0) is 19.1. The van der Waals surface area contributed by atoms with E-state index in [0.717, 1.165) is 0 Å². The van der Waals surface area contributed by atoms with E-state index < -0.39 is 0 Å². The first-order chi connectivity index (χ1) is 13.0. The lowest BCUT2D eigenvalue weighted by Gasteiger charge is -2.13. The molecule has 134 valence electrons. The molecule has 0 aliphatic heterocycles. The number of aryl methyl sites for hydroxylation is 3. The minimum absolute atomic E-state index is 1.26. The average Bonchev–Trinajstić information content (AvgIpc) is 2.66. The molecule has 4 aromatic rings. The summed E-state index contributed by atoms with van der Waals surface area (Å²) in [5, 5.41) is 2.59. The van der Waals surface area contributed by atoms with Crippen LogP contribution in [0.1, 0.15) is 22.4 Å². The van der Waals surface area contributed by atoms with Crippen molar-refractivity contribution in [2.45, 2.75) is 27.7 Å². The lowest BCUT2D eigenvalue weighted by atomic mass is 9.93. The number of rotatable bonds is 2. The van der Waals surface area contributed by atoms with Crippen LogP contribution in [0, 0.1) is 27.7 Å². The maximum atomic E-state index is 2.33. The number of benzene rings is 3. The monoisotopic (exact) mass is 352 g/mol. The van der Waals surface area contributed by atoms with Crippen LogP contribution in [0.25, 0.3) is 33.2 Å². The predicted molar refractivity (Wildman–Crippen MR) is 115 cm³/mol. The summed E-state index contributed by atoms with van der Waals surface area (Å²) in [4.78, 5) is 0. The van der Waals surface area contributed by atoms with Crippen LogP contribution in [0.5, 0.6) is 0 Å². The first-order valence-corrected chi connectivity index (χ1v) is 9.53. The van der Waals surface area contributed by atoms with Gasteiger partial charge in [-0.1, -0.05) is 48.0 Å². The van der Waals surface area contributed by atoms with Gasteiger partial charge in [0.15, 0.2) is 5.69 Å². The predicted octanol–water partition coefficient (Wildman–Crippen LogP) is 6.23. The van der Waals surface area contributed by atoms with Crippen LogP contribution in [0.15, 0.2) is 66.7 Å². The van der Waals surface area contributed by atoms with E-state index in [9.17, 15) is 0 Å². The highest BCUT2D eigenvalue weighted by Gasteiger charge is 2.21. The molecule has 0 unspecified atom stereocenters. The van der Waals surface area contributed by atoms with Gasteiger partial charge >= 0.3 is 0 Å². The second kappa shape index (κ2) is 6.66. The van der Waals surface area contributed by atoms with Crippen LogP contribution in [0.2, 0.25) is 0 Å². The Morgan fingerprint density at radius 1 is 0.704 bits per heavy atom. The zero-order valence-corrected chi connectivity index (χ0v) is 16.8. The molecule has 0 aliphatic rings. The Morgan fingerprint density at radius 2 is 1.44 bits per heavy atom. The molecule has 0 amide bonds. The molecule has 1 heterocycles. The van der Waals surface area contributed by atoms with Gasteiger partial charge in [-0.15, -0.1) is 0 Å². The van der Waals surface area contributed by atoms with Gasteiger partial charge in [-0.3, -0.25) is 0 Å². The Hall–Kier alpha value is -2.93. The Labute approximate surface area is 161 Å². The van der Waals surface area contributed by atoms with Gasteiger partial charge in [-0.25, -0.2) is 0 Å². The number of hydrogen-bond acceptors (Lipinski definition) is 0. The van der Waals surface area contributed by atoms with Crippen molar-refractivity contribution < 1.29 is 4.57 Å². The Kier molecular flexibility index (Phi) is 4.31. The number of fused-ring (bicyclic) bond motifs is 1. The second-order valence-corrected chi connectivity index (χ2v) is 7.62. The third-order valence-corrected chi connectivity index (χ3v) is 5.71. The molecule has 0 radical (unpaired) electrons. The summed E-state index contributed by atoms with van der Waals surface area (Å²) >= 11 is 0. The SMILES string of the molecule is Cc1cc(C)c(C)c(-c2c3ccc(-c4ccccc4)cc3cc(C)[n+]2C)c1. The second-order valence-electron chi connectivity index (χ2n) is 7.62. The van der Waals surface area contributed by atoms with Crippen molar-refractivity contribution in [1.29, 1.82) is 0 Å². The third kappa shape index (κ3) is 3.04. The molecule has 0 saturated heterocycles. The number of hydrogen-bond donors (Lipinski definition) is 0. The topological polar surface area (TPSA) is 3.88 Å². The molecule has 1 heteroatoms. The molecule has 0 bridgehead atoms. The number of aromatic nitrogens is 1. The lowest BCUT2D eigenvalue weighted by molar-refractivity contribution is -0.665. The van der Waals surface area contributed by atoms with Gasteiger partial charge in [0, 0.05) is 13.0 Å². The Bertz CT molecular complexity index is 1150. The first kappa shape index (κ1) is 17.5. The van der Waals surface area contributed by atoms with Crippen LogP contribution in [-0.2, 0) is 7.05 Å². The highest BCUT2D eigenvalue weighted by atomic mass is 14.9. The van der Waals surface area contributed by atoms with Gasteiger partial charge in [0.1, 0.15) is 7.05 Å². The Morgan fingerprint density at radius 3 is 2.19 bits per heavy atom. The fourth-order valence-electron chi connectivity index (χ4n) is 4.00. The number of nitrogens with zero attached hydrogens (tertiary/aromatic N) is 1. The zero-order valence-electron chi connectivity index (χ0n) is 16.8. The summed E-state index contributed by atoms with van der Waals surface area (Å²) in [6, 6.07) is 24.3. The van der Waals surface area contributed by atoms with Crippen LogP contribution in [-0.4, -0.2) is 0 Å². The summed E-state index contributed by atoms with van der Waals surface area (Å²) < 4.78 is 2.33. The fourth-order valence-corrected chi connectivity index (χ4v) is 4.00. The third-order valence-electron chi connectivity index (χ3n) is 5.71. The maximum absolute atomic E-state index is 2.33. The van der Waals surface area contributed by atoms with Gasteiger partial charge in [-0.2, -0.15) is 4.57 Å². The molecule has 0 aliphatic carbocycles. The molecule has 1 nitrogen and oxygen atoms in total. The molecule has 3 aromatic carbocycles. The minimum Gasteiger partial charge on any atom is -0.198 e. The summed E-state index contributed by atoms with van der Waals surface area (Å²) in [5.74, 6) is 0. The summed E-state index contributed by atoms with van der Waals surface area (Å²) in [7, 11) is 2.17. The van der Waals surface area contributed by atoms with Crippen molar-refractivity contribution in [3.8, 4) is 22.4 Å². The molecule has 4 rings (SSSR count). The molecule has 27 heavy (non-hydrogen) atoms. The standard InChI is InChI=1S/C26H26N/c1-17-13-18(2)20(4)25(14-17)26-24-12-11-22(21-9-7-6-8-10-21)16-23(24)15-19(3)27(26)5/h6-16H,1-5H3/q+1. The van der Waals surface area contributed by atoms with E-state index in [4.69, 9.17) is 0 Å². The largest absolute Gasteiger partial charge is 0.220 e. The highest BCUT2D eigenvalue weighted by molar-refractivity contribution is 5.96. The average molecular weight is 353 g/mol. The van der Waals surface area contributed by atoms with Crippen LogP contribution in [0.3, 0.4) is 0 Å². The van der Waals surface area contributed by atoms with E-state index in [1.807, 2.05) is 0 Å². The van der Waals surface area contributed by atoms with E-state index in [-0.39, 0.29) is 0 Å². The highest BCUT2D eigenvalue weighted by Crippen LogP contribution is 2.33. The molecule has 0 fully saturated rings.